The molecule has 0 aliphatic carbocycles. The second-order valence-electron chi connectivity index (χ2n) is 5.00. The lowest BCUT2D eigenvalue weighted by Gasteiger charge is -2.08. The van der Waals surface area contributed by atoms with E-state index in [0.29, 0.717) is 11.3 Å². The molecule has 0 bridgehead atoms. The molecule has 0 aliphatic rings. The summed E-state index contributed by atoms with van der Waals surface area (Å²) < 4.78 is 10.3. The van der Waals surface area contributed by atoms with Crippen LogP contribution in [0.5, 0.6) is 5.75 Å². The summed E-state index contributed by atoms with van der Waals surface area (Å²) in [5.74, 6) is -0.120. The zero-order valence-corrected chi connectivity index (χ0v) is 14.8. The summed E-state index contributed by atoms with van der Waals surface area (Å²) in [5.41, 5.74) is 1.66. The number of ether oxygens (including phenoxy) is 2. The number of carbonyl (C=O) groups excluding carboxylic acids is 2. The van der Waals surface area contributed by atoms with E-state index in [2.05, 4.69) is 17.2 Å². The highest BCUT2D eigenvalue weighted by molar-refractivity contribution is 5.93. The quantitative estimate of drug-likeness (QED) is 0.575. The largest absolute Gasteiger partial charge is 0.482 e. The third-order valence-electron chi connectivity index (χ3n) is 3.26. The maximum atomic E-state index is 11.7. The SMILES string of the molecule is CCc1ccc(OCC(=O)OCCNC(=O)c2cccnc2)cc1.Cl. The van der Waals surface area contributed by atoms with Crippen molar-refractivity contribution in [1.82, 2.24) is 10.3 Å². The standard InChI is InChI=1S/C18H20N2O4.ClH/c1-2-14-5-7-16(8-6-14)24-13-17(21)23-11-10-20-18(22)15-4-3-9-19-12-15;/h3-9,12H,2,10-11,13H2,1H3,(H,20,22);1H. The van der Waals surface area contributed by atoms with Gasteiger partial charge in [-0.2, -0.15) is 0 Å². The topological polar surface area (TPSA) is 77.5 Å². The molecule has 0 radical (unpaired) electrons. The van der Waals surface area contributed by atoms with Gasteiger partial charge < -0.3 is 14.8 Å². The van der Waals surface area contributed by atoms with Crippen LogP contribution in [0.2, 0.25) is 0 Å². The fourth-order valence-corrected chi connectivity index (χ4v) is 1.93. The number of nitrogens with one attached hydrogen (secondary N) is 1. The van der Waals surface area contributed by atoms with Gasteiger partial charge in [0.2, 0.25) is 0 Å². The summed E-state index contributed by atoms with van der Waals surface area (Å²) in [5, 5.41) is 2.64. The Morgan fingerprint density at radius 2 is 1.92 bits per heavy atom. The number of aromatic nitrogens is 1. The van der Waals surface area contributed by atoms with Gasteiger partial charge in [-0.25, -0.2) is 4.79 Å². The van der Waals surface area contributed by atoms with Gasteiger partial charge in [-0.3, -0.25) is 9.78 Å². The van der Waals surface area contributed by atoms with Crippen LogP contribution in [0.3, 0.4) is 0 Å². The van der Waals surface area contributed by atoms with Gasteiger partial charge in [0.1, 0.15) is 12.4 Å². The molecule has 25 heavy (non-hydrogen) atoms. The normalized spacial score (nSPS) is 9.64. The summed E-state index contributed by atoms with van der Waals surface area (Å²) in [4.78, 5) is 27.2. The van der Waals surface area contributed by atoms with Crippen LogP contribution >= 0.6 is 12.4 Å². The Bertz CT molecular complexity index is 663. The smallest absolute Gasteiger partial charge is 0.344 e. The summed E-state index contributed by atoms with van der Waals surface area (Å²) in [6.45, 7) is 2.22. The average molecular weight is 365 g/mol. The third kappa shape index (κ3) is 7.22. The molecule has 1 N–H and O–H groups in total. The molecule has 1 aromatic heterocycles. The molecule has 6 nitrogen and oxygen atoms in total. The van der Waals surface area contributed by atoms with E-state index in [-0.39, 0.29) is 38.1 Å². The number of halogens is 1. The van der Waals surface area contributed by atoms with E-state index in [1.54, 1.807) is 18.3 Å². The number of aryl methyl sites for hydroxylation is 1. The Morgan fingerprint density at radius 1 is 1.16 bits per heavy atom. The minimum Gasteiger partial charge on any atom is -0.482 e. The lowest BCUT2D eigenvalue weighted by Crippen LogP contribution is -2.28. The van der Waals surface area contributed by atoms with Crippen molar-refractivity contribution in [2.75, 3.05) is 19.8 Å². The Morgan fingerprint density at radius 3 is 2.56 bits per heavy atom. The van der Waals surface area contributed by atoms with Gasteiger partial charge >= 0.3 is 5.97 Å². The van der Waals surface area contributed by atoms with Crippen LogP contribution in [0.4, 0.5) is 0 Å². The molecule has 2 aromatic rings. The first-order valence-electron chi connectivity index (χ1n) is 7.74. The maximum absolute atomic E-state index is 11.7. The molecule has 7 heteroatoms. The molecule has 0 aliphatic heterocycles. The Labute approximate surface area is 153 Å². The monoisotopic (exact) mass is 364 g/mol. The molecule has 0 fully saturated rings. The highest BCUT2D eigenvalue weighted by Crippen LogP contribution is 2.12. The summed E-state index contributed by atoms with van der Waals surface area (Å²) in [6.07, 6.45) is 4.01. The minimum absolute atomic E-state index is 0. The highest BCUT2D eigenvalue weighted by Gasteiger charge is 2.06. The van der Waals surface area contributed by atoms with Crippen LogP contribution < -0.4 is 10.1 Å². The first kappa shape index (κ1) is 20.4. The van der Waals surface area contributed by atoms with E-state index in [9.17, 15) is 9.59 Å². The Balaban J connectivity index is 0.00000312. The second-order valence-corrected chi connectivity index (χ2v) is 5.00. The molecule has 1 aromatic carbocycles. The molecular formula is C18H21ClN2O4. The van der Waals surface area contributed by atoms with Gasteiger partial charge in [-0.15, -0.1) is 12.4 Å². The number of amides is 1. The van der Waals surface area contributed by atoms with Gasteiger partial charge in [-0.05, 0) is 36.2 Å². The van der Waals surface area contributed by atoms with E-state index in [1.807, 2.05) is 24.3 Å². The van der Waals surface area contributed by atoms with Crippen LogP contribution in [-0.4, -0.2) is 36.6 Å². The van der Waals surface area contributed by atoms with Gasteiger partial charge in [0.15, 0.2) is 6.61 Å². The molecule has 0 spiro atoms. The lowest BCUT2D eigenvalue weighted by atomic mass is 10.2. The number of hydrogen-bond donors (Lipinski definition) is 1. The van der Waals surface area contributed by atoms with Crippen LogP contribution in [-0.2, 0) is 16.0 Å². The number of benzene rings is 1. The number of carbonyl (C=O) groups is 2. The van der Waals surface area contributed by atoms with Crippen LogP contribution in [0.25, 0.3) is 0 Å². The van der Waals surface area contributed by atoms with E-state index >= 15 is 0 Å². The average Bonchev–Trinajstić information content (AvgIpc) is 2.64. The fraction of sp³-hybridized carbons (Fsp3) is 0.278. The lowest BCUT2D eigenvalue weighted by molar-refractivity contribution is -0.145. The molecule has 2 rings (SSSR count). The zero-order chi connectivity index (χ0) is 17.2. The zero-order valence-electron chi connectivity index (χ0n) is 13.9. The molecule has 0 unspecified atom stereocenters. The van der Waals surface area contributed by atoms with Crippen molar-refractivity contribution in [3.05, 3.63) is 59.9 Å². The van der Waals surface area contributed by atoms with Crippen molar-refractivity contribution in [2.45, 2.75) is 13.3 Å². The molecule has 1 heterocycles. The highest BCUT2D eigenvalue weighted by atomic mass is 35.5. The summed E-state index contributed by atoms with van der Waals surface area (Å²) in [6, 6.07) is 10.9. The third-order valence-corrected chi connectivity index (χ3v) is 3.26. The van der Waals surface area contributed by atoms with Crippen molar-refractivity contribution >= 4 is 24.3 Å². The van der Waals surface area contributed by atoms with Crippen LogP contribution in [0, 0.1) is 0 Å². The Hall–Kier alpha value is -2.60. The van der Waals surface area contributed by atoms with Gasteiger partial charge in [0, 0.05) is 12.4 Å². The van der Waals surface area contributed by atoms with Crippen molar-refractivity contribution in [1.29, 1.82) is 0 Å². The van der Waals surface area contributed by atoms with Gasteiger partial charge in [0.25, 0.3) is 5.91 Å². The fourth-order valence-electron chi connectivity index (χ4n) is 1.93. The second kappa shape index (κ2) is 11.0. The molecule has 134 valence electrons. The predicted molar refractivity (Wildman–Crippen MR) is 96.1 cm³/mol. The summed E-state index contributed by atoms with van der Waals surface area (Å²) in [7, 11) is 0. The van der Waals surface area contributed by atoms with Crippen LogP contribution in [0.1, 0.15) is 22.8 Å². The number of pyridine rings is 1. The molecule has 0 saturated heterocycles. The maximum Gasteiger partial charge on any atom is 0.344 e. The Kier molecular flexibility index (Phi) is 9.03. The van der Waals surface area contributed by atoms with Crippen molar-refractivity contribution in [3.8, 4) is 5.75 Å². The number of rotatable bonds is 8. The van der Waals surface area contributed by atoms with E-state index in [0.717, 1.165) is 6.42 Å². The molecule has 1 amide bonds. The van der Waals surface area contributed by atoms with Gasteiger partial charge in [0.05, 0.1) is 12.1 Å². The summed E-state index contributed by atoms with van der Waals surface area (Å²) >= 11 is 0. The van der Waals surface area contributed by atoms with E-state index in [1.165, 1.54) is 11.8 Å². The molecule has 0 atom stereocenters. The van der Waals surface area contributed by atoms with Crippen LogP contribution in [0.15, 0.2) is 48.8 Å². The number of esters is 1. The van der Waals surface area contributed by atoms with Crippen molar-refractivity contribution in [3.63, 3.8) is 0 Å². The van der Waals surface area contributed by atoms with E-state index in [4.69, 9.17) is 9.47 Å². The molecule has 0 saturated carbocycles. The predicted octanol–water partition coefficient (Wildman–Crippen LogP) is 2.42. The number of nitrogens with zero attached hydrogens (tertiary/aromatic N) is 1. The van der Waals surface area contributed by atoms with Crippen molar-refractivity contribution in [2.24, 2.45) is 0 Å². The van der Waals surface area contributed by atoms with Gasteiger partial charge in [-0.1, -0.05) is 19.1 Å². The molecular weight excluding hydrogens is 344 g/mol. The first-order valence-corrected chi connectivity index (χ1v) is 7.74. The van der Waals surface area contributed by atoms with E-state index < -0.39 is 5.97 Å². The minimum atomic E-state index is -0.481. The number of hydrogen-bond acceptors (Lipinski definition) is 5. The first-order chi connectivity index (χ1) is 11.7. The van der Waals surface area contributed by atoms with Crippen molar-refractivity contribution < 1.29 is 19.1 Å².